The molecule has 3 aliphatic heterocycles. The van der Waals surface area contributed by atoms with Gasteiger partial charge in [0.15, 0.2) is 5.82 Å². The van der Waals surface area contributed by atoms with E-state index >= 15 is 0 Å². The van der Waals surface area contributed by atoms with Crippen molar-refractivity contribution in [3.05, 3.63) is 52.6 Å². The van der Waals surface area contributed by atoms with E-state index in [0.717, 1.165) is 31.9 Å². The smallest absolute Gasteiger partial charge is 0.339 e. The zero-order valence-corrected chi connectivity index (χ0v) is 19.1. The van der Waals surface area contributed by atoms with E-state index in [0.29, 0.717) is 34.0 Å². The lowest BCUT2D eigenvalue weighted by molar-refractivity contribution is -0.148. The number of benzene rings is 1. The molecule has 180 valence electrons. The lowest BCUT2D eigenvalue weighted by Crippen LogP contribution is -2.73. The van der Waals surface area contributed by atoms with Gasteiger partial charge in [-0.05, 0) is 29.8 Å². The van der Waals surface area contributed by atoms with Gasteiger partial charge in [-0.15, -0.1) is 10.2 Å². The van der Waals surface area contributed by atoms with Crippen molar-refractivity contribution in [1.29, 1.82) is 5.26 Å². The fourth-order valence-electron chi connectivity index (χ4n) is 5.19. The Hall–Kier alpha value is -3.43. The maximum Gasteiger partial charge on any atom is 0.401 e. The number of nitriles is 1. The molecule has 0 bridgehead atoms. The molecule has 1 spiro atoms. The number of hydrogen-bond donors (Lipinski definition) is 0. The molecular formula is C22H19ClF3N9. The number of hydrogen-bond acceptors (Lipinski definition) is 8. The predicted octanol–water partition coefficient (Wildman–Crippen LogP) is 2.79. The Labute approximate surface area is 203 Å². The zero-order valence-electron chi connectivity index (χ0n) is 18.4. The van der Waals surface area contributed by atoms with Crippen molar-refractivity contribution < 1.29 is 13.2 Å². The topological polar surface area (TPSA) is 90.0 Å². The van der Waals surface area contributed by atoms with Gasteiger partial charge >= 0.3 is 6.18 Å². The lowest BCUT2D eigenvalue weighted by Gasteiger charge is -2.60. The van der Waals surface area contributed by atoms with Crippen molar-refractivity contribution in [3.63, 3.8) is 0 Å². The molecule has 0 amide bonds. The minimum atomic E-state index is -4.33. The zero-order chi connectivity index (χ0) is 24.4. The first kappa shape index (κ1) is 22.1. The van der Waals surface area contributed by atoms with Crippen LogP contribution in [0.1, 0.15) is 17.1 Å². The van der Waals surface area contributed by atoms with Crippen molar-refractivity contribution in [3.8, 4) is 11.8 Å². The molecule has 3 aromatic rings. The molecule has 35 heavy (non-hydrogen) atoms. The van der Waals surface area contributed by atoms with E-state index in [9.17, 15) is 13.2 Å². The summed E-state index contributed by atoms with van der Waals surface area (Å²) in [7, 11) is 0. The fourth-order valence-corrected chi connectivity index (χ4v) is 5.39. The first-order valence-corrected chi connectivity index (χ1v) is 11.4. The number of anilines is 2. The molecule has 2 aromatic heterocycles. The normalized spacial score (nSPS) is 18.8. The Balaban J connectivity index is 1.23. The van der Waals surface area contributed by atoms with E-state index in [4.69, 9.17) is 16.9 Å². The second-order valence-electron chi connectivity index (χ2n) is 9.35. The summed E-state index contributed by atoms with van der Waals surface area (Å²) in [5.74, 6) is 1.62. The van der Waals surface area contributed by atoms with E-state index in [1.54, 1.807) is 24.4 Å². The molecule has 6 rings (SSSR count). The Kier molecular flexibility index (Phi) is 4.91. The van der Waals surface area contributed by atoms with Crippen LogP contribution in [0.2, 0.25) is 5.02 Å². The number of aromatic nitrogens is 5. The van der Waals surface area contributed by atoms with Crippen LogP contribution >= 0.6 is 11.6 Å². The van der Waals surface area contributed by atoms with Crippen molar-refractivity contribution >= 4 is 23.5 Å². The van der Waals surface area contributed by atoms with Crippen LogP contribution in [-0.2, 0) is 13.1 Å². The van der Waals surface area contributed by atoms with Crippen LogP contribution in [0.3, 0.4) is 0 Å². The van der Waals surface area contributed by atoms with E-state index in [2.05, 4.69) is 25.1 Å². The maximum atomic E-state index is 13.2. The predicted molar refractivity (Wildman–Crippen MR) is 120 cm³/mol. The van der Waals surface area contributed by atoms with Gasteiger partial charge in [-0.2, -0.15) is 18.4 Å². The summed E-state index contributed by atoms with van der Waals surface area (Å²) < 4.78 is 41.4. The average molecular weight is 502 g/mol. The van der Waals surface area contributed by atoms with Gasteiger partial charge < -0.3 is 9.80 Å². The molecule has 5 heterocycles. The van der Waals surface area contributed by atoms with E-state index in [-0.39, 0.29) is 18.5 Å². The highest BCUT2D eigenvalue weighted by Crippen LogP contribution is 2.43. The molecule has 9 nitrogen and oxygen atoms in total. The molecular weight excluding hydrogens is 483 g/mol. The van der Waals surface area contributed by atoms with E-state index < -0.39 is 12.7 Å². The van der Waals surface area contributed by atoms with Gasteiger partial charge in [-0.25, -0.2) is 9.97 Å². The Morgan fingerprint density at radius 2 is 1.83 bits per heavy atom. The Bertz CT molecular complexity index is 1330. The van der Waals surface area contributed by atoms with Crippen molar-refractivity contribution in [1.82, 2.24) is 29.6 Å². The highest BCUT2D eigenvalue weighted by atomic mass is 35.5. The quantitative estimate of drug-likeness (QED) is 0.541. The van der Waals surface area contributed by atoms with Crippen LogP contribution < -0.4 is 9.80 Å². The second kappa shape index (κ2) is 7.79. The first-order chi connectivity index (χ1) is 16.7. The molecule has 0 atom stereocenters. The van der Waals surface area contributed by atoms with Crippen molar-refractivity contribution in [2.45, 2.75) is 19.3 Å². The van der Waals surface area contributed by atoms with Crippen LogP contribution in [0.5, 0.6) is 0 Å². The fraction of sp³-hybridized carbons (Fsp3) is 0.409. The molecule has 3 aliphatic rings. The monoisotopic (exact) mass is 501 g/mol. The van der Waals surface area contributed by atoms with Crippen molar-refractivity contribution in [2.24, 2.45) is 5.41 Å². The molecule has 2 saturated heterocycles. The van der Waals surface area contributed by atoms with Crippen LogP contribution in [0, 0.1) is 16.7 Å². The van der Waals surface area contributed by atoms with Gasteiger partial charge in [0.25, 0.3) is 0 Å². The van der Waals surface area contributed by atoms with Crippen LogP contribution in [0.25, 0.3) is 5.69 Å². The minimum absolute atomic E-state index is 0.0259. The maximum absolute atomic E-state index is 13.2. The highest BCUT2D eigenvalue weighted by Gasteiger charge is 2.54. The summed E-state index contributed by atoms with van der Waals surface area (Å²) >= 11 is 6.18. The van der Waals surface area contributed by atoms with Crippen LogP contribution in [-0.4, -0.2) is 68.5 Å². The number of fused-ring (bicyclic) bond motifs is 3. The van der Waals surface area contributed by atoms with E-state index in [1.165, 1.54) is 4.90 Å². The van der Waals surface area contributed by atoms with Gasteiger partial charge in [0.05, 0.1) is 18.8 Å². The summed E-state index contributed by atoms with van der Waals surface area (Å²) in [6.45, 7) is 2.06. The molecule has 0 aliphatic carbocycles. The summed E-state index contributed by atoms with van der Waals surface area (Å²) in [4.78, 5) is 14.0. The Morgan fingerprint density at radius 3 is 2.57 bits per heavy atom. The first-order valence-electron chi connectivity index (χ1n) is 11.0. The molecule has 0 saturated carbocycles. The molecule has 0 radical (unpaired) electrons. The Morgan fingerprint density at radius 1 is 1.06 bits per heavy atom. The molecule has 0 N–H and O–H groups in total. The van der Waals surface area contributed by atoms with Crippen molar-refractivity contribution in [2.75, 3.05) is 42.5 Å². The number of nitrogens with zero attached hydrogens (tertiary/aromatic N) is 9. The van der Waals surface area contributed by atoms with Gasteiger partial charge in [0.1, 0.15) is 11.8 Å². The molecule has 1 aromatic carbocycles. The third kappa shape index (κ3) is 3.94. The number of rotatable bonds is 3. The average Bonchev–Trinajstić information content (AvgIpc) is 3.07. The molecule has 13 heteroatoms. The third-order valence-corrected chi connectivity index (χ3v) is 6.82. The standard InChI is InChI=1S/C22H19ClF3N9/c23-15-1-2-17-14(5-15)7-32(13-22(24,25)26)8-18-30-31-20(35(17)18)34-11-21(12-34)9-33(10-21)19-28-4-3-16(6-27)29-19/h1-5H,7-13H2. The molecule has 2 fully saturated rings. The number of halogens is 4. The molecule has 0 unspecified atom stereocenters. The van der Waals surface area contributed by atoms with Crippen LogP contribution in [0.15, 0.2) is 30.5 Å². The largest absolute Gasteiger partial charge is 0.401 e. The SMILES string of the molecule is N#Cc1ccnc(N2CC3(C2)CN(c2nnc4n2-c2ccc(Cl)cc2CN(CC(F)(F)F)C4)C3)n1. The summed E-state index contributed by atoms with van der Waals surface area (Å²) in [5, 5.41) is 18.2. The summed E-state index contributed by atoms with van der Waals surface area (Å²) in [5.41, 5.74) is 1.82. The minimum Gasteiger partial charge on any atom is -0.339 e. The lowest BCUT2D eigenvalue weighted by atomic mass is 9.73. The van der Waals surface area contributed by atoms with Gasteiger partial charge in [0.2, 0.25) is 11.9 Å². The third-order valence-electron chi connectivity index (χ3n) is 6.59. The highest BCUT2D eigenvalue weighted by molar-refractivity contribution is 6.30. The van der Waals surface area contributed by atoms with Crippen LogP contribution in [0.4, 0.5) is 25.1 Å². The summed E-state index contributed by atoms with van der Waals surface area (Å²) in [6, 6.07) is 8.84. The van der Waals surface area contributed by atoms with Gasteiger partial charge in [0, 0.05) is 49.4 Å². The second-order valence-corrected chi connectivity index (χ2v) is 9.79. The number of alkyl halides is 3. The van der Waals surface area contributed by atoms with Gasteiger partial charge in [-0.3, -0.25) is 9.47 Å². The summed E-state index contributed by atoms with van der Waals surface area (Å²) in [6.07, 6.45) is -2.75. The van der Waals surface area contributed by atoms with Gasteiger partial charge in [-0.1, -0.05) is 11.6 Å². The van der Waals surface area contributed by atoms with E-state index in [1.807, 2.05) is 21.6 Å².